The highest BCUT2D eigenvalue weighted by Crippen LogP contribution is 2.22. The smallest absolute Gasteiger partial charge is 0.115 e. The van der Waals surface area contributed by atoms with Crippen LogP contribution in [0.4, 0.5) is 0 Å². The third-order valence-corrected chi connectivity index (χ3v) is 1.70. The standard InChI is InChI=1S/C8H9NO/c10-7-3-1-6(2-4-7)8-5-9-8/h1-4,8-10H,5H2. The zero-order chi connectivity index (χ0) is 6.97. The van der Waals surface area contributed by atoms with Gasteiger partial charge >= 0.3 is 0 Å². The molecule has 1 aromatic rings. The van der Waals surface area contributed by atoms with Crippen molar-refractivity contribution in [2.24, 2.45) is 0 Å². The highest BCUT2D eigenvalue weighted by molar-refractivity contribution is 5.30. The van der Waals surface area contributed by atoms with E-state index in [1.165, 1.54) is 5.56 Å². The molecular formula is C8H9NO. The quantitative estimate of drug-likeness (QED) is 0.565. The predicted molar refractivity (Wildman–Crippen MR) is 38.9 cm³/mol. The summed E-state index contributed by atoms with van der Waals surface area (Å²) in [4.78, 5) is 0. The maximum absolute atomic E-state index is 8.94. The number of phenolic OH excluding ortho intramolecular Hbond substituents is 1. The minimum atomic E-state index is 0.337. The van der Waals surface area contributed by atoms with Crippen LogP contribution in [0.5, 0.6) is 5.75 Å². The van der Waals surface area contributed by atoms with Crippen molar-refractivity contribution in [3.63, 3.8) is 0 Å². The van der Waals surface area contributed by atoms with Gasteiger partial charge in [0.05, 0.1) is 0 Å². The summed E-state index contributed by atoms with van der Waals surface area (Å²) in [6.45, 7) is 1.07. The topological polar surface area (TPSA) is 42.2 Å². The average molecular weight is 135 g/mol. The Bertz CT molecular complexity index is 226. The largest absolute Gasteiger partial charge is 0.508 e. The molecule has 1 unspecified atom stereocenters. The number of hydrogen-bond donors (Lipinski definition) is 2. The fraction of sp³-hybridized carbons (Fsp3) is 0.250. The Balaban J connectivity index is 2.28. The molecule has 1 aromatic carbocycles. The van der Waals surface area contributed by atoms with E-state index in [9.17, 15) is 0 Å². The Hall–Kier alpha value is -1.02. The second kappa shape index (κ2) is 1.99. The lowest BCUT2D eigenvalue weighted by atomic mass is 10.1. The van der Waals surface area contributed by atoms with Crippen molar-refractivity contribution in [3.05, 3.63) is 29.8 Å². The Labute approximate surface area is 59.5 Å². The number of rotatable bonds is 1. The molecule has 2 N–H and O–H groups in total. The van der Waals surface area contributed by atoms with Gasteiger partial charge in [-0.05, 0) is 17.7 Å². The first-order valence-electron chi connectivity index (χ1n) is 3.38. The number of hydrogen-bond acceptors (Lipinski definition) is 2. The molecule has 2 nitrogen and oxygen atoms in total. The van der Waals surface area contributed by atoms with E-state index in [4.69, 9.17) is 5.11 Å². The van der Waals surface area contributed by atoms with Crippen LogP contribution in [0.25, 0.3) is 0 Å². The van der Waals surface area contributed by atoms with Crippen LogP contribution in [-0.2, 0) is 0 Å². The van der Waals surface area contributed by atoms with E-state index in [2.05, 4.69) is 5.32 Å². The van der Waals surface area contributed by atoms with Gasteiger partial charge in [-0.2, -0.15) is 0 Å². The summed E-state index contributed by atoms with van der Waals surface area (Å²) in [7, 11) is 0. The van der Waals surface area contributed by atoms with Gasteiger partial charge in [-0.3, -0.25) is 0 Å². The van der Waals surface area contributed by atoms with E-state index < -0.39 is 0 Å². The van der Waals surface area contributed by atoms with Crippen LogP contribution in [-0.4, -0.2) is 11.7 Å². The van der Waals surface area contributed by atoms with Gasteiger partial charge in [0.1, 0.15) is 5.75 Å². The van der Waals surface area contributed by atoms with Gasteiger partial charge in [0.25, 0.3) is 0 Å². The van der Waals surface area contributed by atoms with E-state index >= 15 is 0 Å². The van der Waals surface area contributed by atoms with Crippen molar-refractivity contribution in [1.82, 2.24) is 5.32 Å². The molecule has 0 aliphatic carbocycles. The van der Waals surface area contributed by atoms with E-state index in [-0.39, 0.29) is 0 Å². The molecule has 0 amide bonds. The fourth-order valence-corrected chi connectivity index (χ4v) is 1.00. The molecule has 2 heteroatoms. The molecule has 0 bridgehead atoms. The zero-order valence-corrected chi connectivity index (χ0v) is 5.54. The first kappa shape index (κ1) is 5.74. The number of benzene rings is 1. The van der Waals surface area contributed by atoms with Crippen molar-refractivity contribution in [2.75, 3.05) is 6.54 Å². The molecule has 0 saturated carbocycles. The number of phenols is 1. The molecule has 52 valence electrons. The second-order valence-corrected chi connectivity index (χ2v) is 2.55. The molecule has 1 atom stereocenters. The average Bonchev–Trinajstić information content (AvgIpc) is 2.71. The maximum Gasteiger partial charge on any atom is 0.115 e. The molecule has 1 aliphatic rings. The van der Waals surface area contributed by atoms with Gasteiger partial charge in [0.2, 0.25) is 0 Å². The van der Waals surface area contributed by atoms with Crippen LogP contribution in [0.15, 0.2) is 24.3 Å². The molecule has 1 saturated heterocycles. The molecular weight excluding hydrogens is 126 g/mol. The Morgan fingerprint density at radius 1 is 1.30 bits per heavy atom. The summed E-state index contributed by atoms with van der Waals surface area (Å²) in [6.07, 6.45) is 0. The van der Waals surface area contributed by atoms with Gasteiger partial charge < -0.3 is 10.4 Å². The van der Waals surface area contributed by atoms with Crippen LogP contribution < -0.4 is 5.32 Å². The van der Waals surface area contributed by atoms with Crippen molar-refractivity contribution in [3.8, 4) is 5.75 Å². The van der Waals surface area contributed by atoms with Gasteiger partial charge in [-0.15, -0.1) is 0 Å². The van der Waals surface area contributed by atoms with Crippen molar-refractivity contribution >= 4 is 0 Å². The molecule has 2 rings (SSSR count). The first-order valence-corrected chi connectivity index (χ1v) is 3.38. The fourth-order valence-electron chi connectivity index (χ4n) is 1.00. The molecule has 1 heterocycles. The molecule has 10 heavy (non-hydrogen) atoms. The normalized spacial score (nSPS) is 22.6. The number of nitrogens with one attached hydrogen (secondary N) is 1. The van der Waals surface area contributed by atoms with E-state index in [1.54, 1.807) is 12.1 Å². The van der Waals surface area contributed by atoms with Gasteiger partial charge in [-0.25, -0.2) is 0 Å². The molecule has 1 aliphatic heterocycles. The Morgan fingerprint density at radius 3 is 2.40 bits per heavy atom. The second-order valence-electron chi connectivity index (χ2n) is 2.55. The Morgan fingerprint density at radius 2 is 1.90 bits per heavy atom. The lowest BCUT2D eigenvalue weighted by Gasteiger charge is -1.94. The van der Waals surface area contributed by atoms with Crippen LogP contribution in [0.3, 0.4) is 0 Å². The summed E-state index contributed by atoms with van der Waals surface area (Å²) in [6, 6.07) is 7.87. The molecule has 0 spiro atoms. The molecule has 0 radical (unpaired) electrons. The van der Waals surface area contributed by atoms with Crippen LogP contribution in [0.2, 0.25) is 0 Å². The zero-order valence-electron chi connectivity index (χ0n) is 5.54. The van der Waals surface area contributed by atoms with Gasteiger partial charge in [0, 0.05) is 12.6 Å². The highest BCUT2D eigenvalue weighted by Gasteiger charge is 2.21. The van der Waals surface area contributed by atoms with Crippen molar-refractivity contribution in [2.45, 2.75) is 6.04 Å². The summed E-state index contributed by atoms with van der Waals surface area (Å²) in [5.41, 5.74) is 1.26. The SMILES string of the molecule is Oc1ccc(C2CN2)cc1. The van der Waals surface area contributed by atoms with Crippen LogP contribution in [0.1, 0.15) is 11.6 Å². The summed E-state index contributed by atoms with van der Waals surface area (Å²) in [5, 5.41) is 12.1. The minimum Gasteiger partial charge on any atom is -0.508 e. The third-order valence-electron chi connectivity index (χ3n) is 1.70. The maximum atomic E-state index is 8.94. The summed E-state index contributed by atoms with van der Waals surface area (Å²) >= 11 is 0. The van der Waals surface area contributed by atoms with Gasteiger partial charge in [-0.1, -0.05) is 12.1 Å². The predicted octanol–water partition coefficient (Wildman–Crippen LogP) is 1.04. The lowest BCUT2D eigenvalue weighted by Crippen LogP contribution is -1.81. The van der Waals surface area contributed by atoms with Crippen LogP contribution >= 0.6 is 0 Å². The summed E-state index contributed by atoms with van der Waals surface area (Å²) < 4.78 is 0. The van der Waals surface area contributed by atoms with Crippen LogP contribution in [0, 0.1) is 0 Å². The first-order chi connectivity index (χ1) is 4.86. The Kier molecular flexibility index (Phi) is 1.14. The van der Waals surface area contributed by atoms with E-state index in [0.29, 0.717) is 11.8 Å². The van der Waals surface area contributed by atoms with Crippen molar-refractivity contribution < 1.29 is 5.11 Å². The number of aromatic hydroxyl groups is 1. The summed E-state index contributed by atoms with van der Waals surface area (Å²) in [5.74, 6) is 0.337. The molecule has 1 fully saturated rings. The highest BCUT2D eigenvalue weighted by atomic mass is 16.3. The monoisotopic (exact) mass is 135 g/mol. The lowest BCUT2D eigenvalue weighted by molar-refractivity contribution is 0.475. The molecule has 0 aromatic heterocycles. The van der Waals surface area contributed by atoms with Gasteiger partial charge in [0.15, 0.2) is 0 Å². The van der Waals surface area contributed by atoms with E-state index in [0.717, 1.165) is 6.54 Å². The van der Waals surface area contributed by atoms with E-state index in [1.807, 2.05) is 12.1 Å². The third kappa shape index (κ3) is 0.977. The van der Waals surface area contributed by atoms with Crippen molar-refractivity contribution in [1.29, 1.82) is 0 Å². The minimum absolute atomic E-state index is 0.337.